The van der Waals surface area contributed by atoms with Crippen molar-refractivity contribution in [2.75, 3.05) is 13.2 Å². The van der Waals surface area contributed by atoms with E-state index in [9.17, 15) is 0 Å². The second-order valence-corrected chi connectivity index (χ2v) is 6.01. The Hall–Kier alpha value is -0.380. The molecule has 2 nitrogen and oxygen atoms in total. The number of halogens is 1. The summed E-state index contributed by atoms with van der Waals surface area (Å²) in [7, 11) is 0. The van der Waals surface area contributed by atoms with E-state index in [2.05, 4.69) is 66.3 Å². The molecule has 1 aromatic carbocycles. The first-order valence-electron chi connectivity index (χ1n) is 7.24. The van der Waals surface area contributed by atoms with Crippen LogP contribution in [-0.4, -0.2) is 19.3 Å². The highest BCUT2D eigenvalue weighted by atomic mass is 79.9. The topological polar surface area (TPSA) is 21.3 Å². The molecule has 0 heterocycles. The Morgan fingerprint density at radius 1 is 1.16 bits per heavy atom. The standard InChI is InChI=1S/C16H26BrNO/c1-4-16(14-7-9-15(17)10-8-14)18-11-5-6-12-19-13(2)3/h7-10,13,16,18H,4-6,11-12H2,1-3H3. The summed E-state index contributed by atoms with van der Waals surface area (Å²) in [5.74, 6) is 0. The lowest BCUT2D eigenvalue weighted by Crippen LogP contribution is -2.22. The molecule has 108 valence electrons. The number of benzene rings is 1. The molecule has 1 unspecified atom stereocenters. The highest BCUT2D eigenvalue weighted by Crippen LogP contribution is 2.19. The van der Waals surface area contributed by atoms with E-state index in [1.54, 1.807) is 0 Å². The third-order valence-electron chi connectivity index (χ3n) is 3.09. The van der Waals surface area contributed by atoms with Crippen LogP contribution >= 0.6 is 15.9 Å². The van der Waals surface area contributed by atoms with Gasteiger partial charge in [0.1, 0.15) is 0 Å². The van der Waals surface area contributed by atoms with Crippen LogP contribution < -0.4 is 5.32 Å². The molecule has 1 N–H and O–H groups in total. The highest BCUT2D eigenvalue weighted by molar-refractivity contribution is 9.10. The van der Waals surface area contributed by atoms with E-state index in [0.717, 1.165) is 30.5 Å². The molecule has 1 rings (SSSR count). The van der Waals surface area contributed by atoms with Gasteiger partial charge in [0.15, 0.2) is 0 Å². The first-order valence-corrected chi connectivity index (χ1v) is 8.03. The number of nitrogens with one attached hydrogen (secondary N) is 1. The molecule has 0 aliphatic heterocycles. The van der Waals surface area contributed by atoms with Crippen molar-refractivity contribution < 1.29 is 4.74 Å². The van der Waals surface area contributed by atoms with E-state index in [0.29, 0.717) is 12.1 Å². The summed E-state index contributed by atoms with van der Waals surface area (Å²) in [6, 6.07) is 9.05. The summed E-state index contributed by atoms with van der Waals surface area (Å²) in [5, 5.41) is 3.62. The van der Waals surface area contributed by atoms with E-state index >= 15 is 0 Å². The monoisotopic (exact) mass is 327 g/mol. The SMILES string of the molecule is CCC(NCCCCOC(C)C)c1ccc(Br)cc1. The van der Waals surface area contributed by atoms with Gasteiger partial charge in [0, 0.05) is 17.1 Å². The predicted octanol–water partition coefficient (Wildman–Crippen LogP) is 4.70. The molecule has 0 aliphatic carbocycles. The van der Waals surface area contributed by atoms with E-state index in [-0.39, 0.29) is 0 Å². The van der Waals surface area contributed by atoms with Crippen LogP contribution in [-0.2, 0) is 4.74 Å². The molecule has 0 spiro atoms. The number of rotatable bonds is 9. The van der Waals surface area contributed by atoms with Crippen LogP contribution in [0.15, 0.2) is 28.7 Å². The maximum absolute atomic E-state index is 5.54. The Balaban J connectivity index is 2.24. The predicted molar refractivity (Wildman–Crippen MR) is 85.5 cm³/mol. The van der Waals surface area contributed by atoms with Crippen LogP contribution in [0.2, 0.25) is 0 Å². The largest absolute Gasteiger partial charge is 0.379 e. The molecule has 0 fully saturated rings. The van der Waals surface area contributed by atoms with Crippen LogP contribution in [0.3, 0.4) is 0 Å². The van der Waals surface area contributed by atoms with Gasteiger partial charge in [0.25, 0.3) is 0 Å². The lowest BCUT2D eigenvalue weighted by Gasteiger charge is -2.17. The molecule has 19 heavy (non-hydrogen) atoms. The number of unbranched alkanes of at least 4 members (excludes halogenated alkanes) is 1. The summed E-state index contributed by atoms with van der Waals surface area (Å²) >= 11 is 3.47. The van der Waals surface area contributed by atoms with Crippen LogP contribution in [0.4, 0.5) is 0 Å². The van der Waals surface area contributed by atoms with Crippen LogP contribution in [0.1, 0.15) is 51.6 Å². The Morgan fingerprint density at radius 3 is 2.42 bits per heavy atom. The smallest absolute Gasteiger partial charge is 0.0518 e. The van der Waals surface area contributed by atoms with Gasteiger partial charge in [-0.25, -0.2) is 0 Å². The molecule has 1 atom stereocenters. The van der Waals surface area contributed by atoms with Crippen molar-refractivity contribution in [2.24, 2.45) is 0 Å². The maximum atomic E-state index is 5.54. The minimum absolute atomic E-state index is 0.346. The van der Waals surface area contributed by atoms with Crippen molar-refractivity contribution in [1.82, 2.24) is 5.32 Å². The lowest BCUT2D eigenvalue weighted by atomic mass is 10.0. The summed E-state index contributed by atoms with van der Waals surface area (Å²) < 4.78 is 6.68. The minimum atomic E-state index is 0.346. The van der Waals surface area contributed by atoms with Crippen molar-refractivity contribution in [3.05, 3.63) is 34.3 Å². The lowest BCUT2D eigenvalue weighted by molar-refractivity contribution is 0.0759. The van der Waals surface area contributed by atoms with E-state index in [1.807, 2.05) is 0 Å². The van der Waals surface area contributed by atoms with Gasteiger partial charge < -0.3 is 10.1 Å². The van der Waals surface area contributed by atoms with Crippen LogP contribution in [0.25, 0.3) is 0 Å². The fourth-order valence-electron chi connectivity index (χ4n) is 2.02. The zero-order valence-electron chi connectivity index (χ0n) is 12.3. The molecule has 0 aromatic heterocycles. The number of hydrogen-bond donors (Lipinski definition) is 1. The Labute approximate surface area is 126 Å². The molecule has 3 heteroatoms. The minimum Gasteiger partial charge on any atom is -0.379 e. The quantitative estimate of drug-likeness (QED) is 0.664. The van der Waals surface area contributed by atoms with Crippen LogP contribution in [0, 0.1) is 0 Å². The Morgan fingerprint density at radius 2 is 1.84 bits per heavy atom. The summed E-state index contributed by atoms with van der Waals surface area (Å²) in [6.07, 6.45) is 3.75. The molecule has 0 bridgehead atoms. The normalized spacial score (nSPS) is 12.9. The molecule has 0 saturated carbocycles. The first kappa shape index (κ1) is 16.7. The van der Waals surface area contributed by atoms with Crippen molar-refractivity contribution in [3.63, 3.8) is 0 Å². The average molecular weight is 328 g/mol. The van der Waals surface area contributed by atoms with E-state index in [4.69, 9.17) is 4.74 Å². The average Bonchev–Trinajstić information content (AvgIpc) is 2.39. The first-order chi connectivity index (χ1) is 9.13. The molecule has 0 aliphatic rings. The molecule has 0 radical (unpaired) electrons. The molecular weight excluding hydrogens is 302 g/mol. The van der Waals surface area contributed by atoms with Crippen LogP contribution in [0.5, 0.6) is 0 Å². The van der Waals surface area contributed by atoms with Gasteiger partial charge in [-0.15, -0.1) is 0 Å². The molecule has 0 saturated heterocycles. The van der Waals surface area contributed by atoms with Gasteiger partial charge in [-0.2, -0.15) is 0 Å². The maximum Gasteiger partial charge on any atom is 0.0518 e. The summed E-state index contributed by atoms with van der Waals surface area (Å²) in [5.41, 5.74) is 1.36. The number of hydrogen-bond acceptors (Lipinski definition) is 2. The second kappa shape index (κ2) is 9.51. The van der Waals surface area contributed by atoms with Crippen molar-refractivity contribution in [2.45, 2.75) is 52.2 Å². The Kier molecular flexibility index (Phi) is 8.35. The van der Waals surface area contributed by atoms with Crippen molar-refractivity contribution in [3.8, 4) is 0 Å². The zero-order valence-corrected chi connectivity index (χ0v) is 13.9. The second-order valence-electron chi connectivity index (χ2n) is 5.09. The molecule has 1 aromatic rings. The van der Waals surface area contributed by atoms with Gasteiger partial charge in [-0.1, -0.05) is 35.0 Å². The summed E-state index contributed by atoms with van der Waals surface area (Å²) in [4.78, 5) is 0. The van der Waals surface area contributed by atoms with Gasteiger partial charge in [0.2, 0.25) is 0 Å². The van der Waals surface area contributed by atoms with Gasteiger partial charge in [-0.05, 0) is 57.4 Å². The van der Waals surface area contributed by atoms with Crippen molar-refractivity contribution in [1.29, 1.82) is 0 Å². The molecule has 0 amide bonds. The zero-order chi connectivity index (χ0) is 14.1. The third kappa shape index (κ3) is 7.09. The Bertz CT molecular complexity index is 337. The fraction of sp³-hybridized carbons (Fsp3) is 0.625. The van der Waals surface area contributed by atoms with Gasteiger partial charge in [0.05, 0.1) is 6.10 Å². The van der Waals surface area contributed by atoms with E-state index in [1.165, 1.54) is 12.0 Å². The fourth-order valence-corrected chi connectivity index (χ4v) is 2.28. The summed E-state index contributed by atoms with van der Waals surface area (Å²) in [6.45, 7) is 8.31. The van der Waals surface area contributed by atoms with Crippen molar-refractivity contribution >= 4 is 15.9 Å². The number of ether oxygens (including phenoxy) is 1. The van der Waals surface area contributed by atoms with Gasteiger partial charge >= 0.3 is 0 Å². The molecular formula is C16H26BrNO. The highest BCUT2D eigenvalue weighted by Gasteiger charge is 2.07. The third-order valence-corrected chi connectivity index (χ3v) is 3.62. The van der Waals surface area contributed by atoms with Gasteiger partial charge in [-0.3, -0.25) is 0 Å². The van der Waals surface area contributed by atoms with E-state index < -0.39 is 0 Å².